The van der Waals surface area contributed by atoms with Crippen molar-refractivity contribution in [2.75, 3.05) is 23.3 Å². The lowest BCUT2D eigenvalue weighted by Gasteiger charge is -2.33. The molecule has 1 fully saturated rings. The molecule has 0 saturated carbocycles. The highest BCUT2D eigenvalue weighted by molar-refractivity contribution is 6.11. The predicted octanol–water partition coefficient (Wildman–Crippen LogP) is 1.11. The number of fused-ring (bicyclic) bond motifs is 1. The molecule has 0 aromatic heterocycles. The van der Waals surface area contributed by atoms with Gasteiger partial charge in [0, 0.05) is 0 Å². The average molecular weight is 259 g/mol. The van der Waals surface area contributed by atoms with Crippen molar-refractivity contribution in [1.29, 1.82) is 0 Å². The standard InChI is InChI=1S/C14H17N3O2/c18-13-9-17(12-7-2-1-5-10(12)16-13)14(19)11-6-3-4-8-15-11/h1-2,5,7,11,15H,3-4,6,8-9H2,(H,16,18)/t11-/m0/s1. The van der Waals surface area contributed by atoms with Crippen LogP contribution in [0, 0.1) is 0 Å². The van der Waals surface area contributed by atoms with E-state index in [0.717, 1.165) is 31.5 Å². The van der Waals surface area contributed by atoms with E-state index in [1.165, 1.54) is 0 Å². The molecule has 2 heterocycles. The molecular formula is C14H17N3O2. The fraction of sp³-hybridized carbons (Fsp3) is 0.429. The molecule has 0 radical (unpaired) electrons. The number of carbonyl (C=O) groups is 2. The summed E-state index contributed by atoms with van der Waals surface area (Å²) in [5.74, 6) is -0.134. The Morgan fingerprint density at radius 3 is 2.89 bits per heavy atom. The molecular weight excluding hydrogens is 242 g/mol. The molecule has 2 N–H and O–H groups in total. The Bertz CT molecular complexity index is 509. The maximum Gasteiger partial charge on any atom is 0.244 e. The summed E-state index contributed by atoms with van der Waals surface area (Å²) in [5.41, 5.74) is 1.50. The molecule has 0 spiro atoms. The third-order valence-electron chi connectivity index (χ3n) is 3.65. The van der Waals surface area contributed by atoms with Crippen molar-refractivity contribution in [3.8, 4) is 0 Å². The van der Waals surface area contributed by atoms with E-state index in [4.69, 9.17) is 0 Å². The van der Waals surface area contributed by atoms with Gasteiger partial charge >= 0.3 is 0 Å². The monoisotopic (exact) mass is 259 g/mol. The van der Waals surface area contributed by atoms with Crippen molar-refractivity contribution in [1.82, 2.24) is 5.32 Å². The van der Waals surface area contributed by atoms with Crippen LogP contribution in [0.2, 0.25) is 0 Å². The van der Waals surface area contributed by atoms with Gasteiger partial charge in [-0.05, 0) is 31.5 Å². The summed E-state index contributed by atoms with van der Waals surface area (Å²) in [5, 5.41) is 6.03. The highest BCUT2D eigenvalue weighted by Gasteiger charge is 2.31. The maximum absolute atomic E-state index is 12.5. The fourth-order valence-electron chi connectivity index (χ4n) is 2.68. The molecule has 1 atom stereocenters. The van der Waals surface area contributed by atoms with E-state index in [1.807, 2.05) is 24.3 Å². The number of anilines is 2. The van der Waals surface area contributed by atoms with E-state index in [9.17, 15) is 9.59 Å². The molecule has 5 nitrogen and oxygen atoms in total. The smallest absolute Gasteiger partial charge is 0.244 e. The minimum atomic E-state index is -0.160. The van der Waals surface area contributed by atoms with E-state index in [2.05, 4.69) is 10.6 Å². The highest BCUT2D eigenvalue weighted by atomic mass is 16.2. The Kier molecular flexibility index (Phi) is 3.21. The number of amides is 2. The zero-order valence-electron chi connectivity index (χ0n) is 10.7. The Balaban J connectivity index is 1.87. The van der Waals surface area contributed by atoms with Gasteiger partial charge in [-0.25, -0.2) is 0 Å². The molecule has 1 saturated heterocycles. The molecule has 2 aliphatic rings. The lowest BCUT2D eigenvalue weighted by atomic mass is 10.0. The van der Waals surface area contributed by atoms with E-state index in [0.29, 0.717) is 5.69 Å². The summed E-state index contributed by atoms with van der Waals surface area (Å²) in [6, 6.07) is 7.26. The van der Waals surface area contributed by atoms with E-state index >= 15 is 0 Å². The van der Waals surface area contributed by atoms with Gasteiger partial charge in [0.1, 0.15) is 6.54 Å². The molecule has 1 aromatic carbocycles. The van der Waals surface area contributed by atoms with Crippen molar-refractivity contribution >= 4 is 23.2 Å². The van der Waals surface area contributed by atoms with Gasteiger partial charge in [0.05, 0.1) is 17.4 Å². The molecule has 19 heavy (non-hydrogen) atoms. The van der Waals surface area contributed by atoms with Crippen LogP contribution in [0.4, 0.5) is 11.4 Å². The summed E-state index contributed by atoms with van der Waals surface area (Å²) >= 11 is 0. The number of para-hydroxylation sites is 2. The van der Waals surface area contributed by atoms with Gasteiger partial charge in [0.2, 0.25) is 11.8 Å². The first-order valence-electron chi connectivity index (χ1n) is 6.69. The Morgan fingerprint density at radius 1 is 1.26 bits per heavy atom. The van der Waals surface area contributed by atoms with E-state index < -0.39 is 0 Å². The molecule has 2 amide bonds. The van der Waals surface area contributed by atoms with Crippen molar-refractivity contribution in [3.63, 3.8) is 0 Å². The van der Waals surface area contributed by atoms with Crippen LogP contribution >= 0.6 is 0 Å². The van der Waals surface area contributed by atoms with Gasteiger partial charge in [-0.1, -0.05) is 18.6 Å². The topological polar surface area (TPSA) is 61.4 Å². The SMILES string of the molecule is O=C1CN(C(=O)[C@@H]2CCCCN2)c2ccccc2N1. The van der Waals surface area contributed by atoms with Crippen molar-refractivity contribution in [2.24, 2.45) is 0 Å². The van der Waals surface area contributed by atoms with Crippen LogP contribution in [0.3, 0.4) is 0 Å². The molecule has 2 aliphatic heterocycles. The van der Waals surface area contributed by atoms with Crippen LogP contribution in [0.5, 0.6) is 0 Å². The van der Waals surface area contributed by atoms with Crippen LogP contribution in [0.15, 0.2) is 24.3 Å². The number of hydrogen-bond donors (Lipinski definition) is 2. The third kappa shape index (κ3) is 2.33. The predicted molar refractivity (Wildman–Crippen MR) is 73.1 cm³/mol. The quantitative estimate of drug-likeness (QED) is 0.794. The van der Waals surface area contributed by atoms with Crippen LogP contribution in [0.25, 0.3) is 0 Å². The van der Waals surface area contributed by atoms with Crippen molar-refractivity contribution in [3.05, 3.63) is 24.3 Å². The minimum absolute atomic E-state index is 0.00185. The molecule has 0 aliphatic carbocycles. The summed E-state index contributed by atoms with van der Waals surface area (Å²) in [6.45, 7) is 0.978. The van der Waals surface area contributed by atoms with Crippen LogP contribution in [0.1, 0.15) is 19.3 Å². The van der Waals surface area contributed by atoms with E-state index in [-0.39, 0.29) is 24.4 Å². The highest BCUT2D eigenvalue weighted by Crippen LogP contribution is 2.29. The number of rotatable bonds is 1. The van der Waals surface area contributed by atoms with Gasteiger partial charge in [0.15, 0.2) is 0 Å². The zero-order valence-corrected chi connectivity index (χ0v) is 10.7. The molecule has 0 bridgehead atoms. The summed E-state index contributed by atoms with van der Waals surface area (Å²) in [7, 11) is 0. The lowest BCUT2D eigenvalue weighted by molar-refractivity contribution is -0.123. The minimum Gasteiger partial charge on any atom is -0.323 e. The van der Waals surface area contributed by atoms with Gasteiger partial charge < -0.3 is 10.6 Å². The number of benzene rings is 1. The Hall–Kier alpha value is -1.88. The zero-order chi connectivity index (χ0) is 13.2. The number of piperidine rings is 1. The Morgan fingerprint density at radius 2 is 2.11 bits per heavy atom. The van der Waals surface area contributed by atoms with Gasteiger partial charge in [-0.2, -0.15) is 0 Å². The molecule has 100 valence electrons. The second-order valence-electron chi connectivity index (χ2n) is 4.99. The Labute approximate surface area is 112 Å². The number of nitrogens with one attached hydrogen (secondary N) is 2. The molecule has 0 unspecified atom stereocenters. The number of carbonyl (C=O) groups excluding carboxylic acids is 2. The van der Waals surface area contributed by atoms with Crippen molar-refractivity contribution in [2.45, 2.75) is 25.3 Å². The van der Waals surface area contributed by atoms with Gasteiger partial charge in [0.25, 0.3) is 0 Å². The molecule has 3 rings (SSSR count). The van der Waals surface area contributed by atoms with Crippen molar-refractivity contribution < 1.29 is 9.59 Å². The second kappa shape index (κ2) is 5.01. The van der Waals surface area contributed by atoms with Gasteiger partial charge in [-0.3, -0.25) is 14.5 Å². The van der Waals surface area contributed by atoms with E-state index in [1.54, 1.807) is 4.90 Å². The molecule has 5 heteroatoms. The summed E-state index contributed by atoms with van der Waals surface area (Å²) < 4.78 is 0. The summed E-state index contributed by atoms with van der Waals surface area (Å²) in [6.07, 6.45) is 3.02. The van der Waals surface area contributed by atoms with Crippen LogP contribution in [-0.4, -0.2) is 30.9 Å². The maximum atomic E-state index is 12.5. The van der Waals surface area contributed by atoms with Crippen LogP contribution in [-0.2, 0) is 9.59 Å². The lowest BCUT2D eigenvalue weighted by Crippen LogP contribution is -2.52. The first kappa shape index (κ1) is 12.2. The average Bonchev–Trinajstić information content (AvgIpc) is 2.46. The second-order valence-corrected chi connectivity index (χ2v) is 4.99. The first-order valence-corrected chi connectivity index (χ1v) is 6.69. The molecule has 1 aromatic rings. The third-order valence-corrected chi connectivity index (χ3v) is 3.65. The first-order chi connectivity index (χ1) is 9.25. The van der Waals surface area contributed by atoms with Crippen LogP contribution < -0.4 is 15.5 Å². The summed E-state index contributed by atoms with van der Waals surface area (Å²) in [4.78, 5) is 25.8. The number of nitrogens with zero attached hydrogens (tertiary/aromatic N) is 1. The normalized spacial score (nSPS) is 22.6. The number of hydrogen-bond acceptors (Lipinski definition) is 3. The fourth-order valence-corrected chi connectivity index (χ4v) is 2.68. The van der Waals surface area contributed by atoms with Gasteiger partial charge in [-0.15, -0.1) is 0 Å². The largest absolute Gasteiger partial charge is 0.323 e.